The maximum absolute atomic E-state index is 11.9. The first-order valence-corrected chi connectivity index (χ1v) is 10.5. The molecule has 0 fully saturated rings. The number of Topliss-reactive ketones (excluding diaryl/α,β-unsaturated/α-hetero) is 1. The highest BCUT2D eigenvalue weighted by Gasteiger charge is 2.09. The summed E-state index contributed by atoms with van der Waals surface area (Å²) in [5, 5.41) is 3.24. The average Bonchev–Trinajstić information content (AvgIpc) is 3.22. The van der Waals surface area contributed by atoms with Gasteiger partial charge in [-0.2, -0.15) is 0 Å². The van der Waals surface area contributed by atoms with Gasteiger partial charge in [0.2, 0.25) is 5.91 Å². The highest BCUT2D eigenvalue weighted by atomic mass is 35.5. The first-order chi connectivity index (χ1) is 14.4. The molecule has 154 valence electrons. The van der Waals surface area contributed by atoms with Gasteiger partial charge < -0.3 is 10.1 Å². The van der Waals surface area contributed by atoms with E-state index in [1.807, 2.05) is 43.3 Å². The molecule has 0 aliphatic heterocycles. The number of ketones is 1. The van der Waals surface area contributed by atoms with Crippen molar-refractivity contribution in [2.45, 2.75) is 13.8 Å². The van der Waals surface area contributed by atoms with E-state index in [0.717, 1.165) is 21.7 Å². The number of aromatic nitrogens is 1. The van der Waals surface area contributed by atoms with E-state index in [9.17, 15) is 9.59 Å². The normalized spacial score (nSPS) is 10.9. The summed E-state index contributed by atoms with van der Waals surface area (Å²) in [6.07, 6.45) is 4.92. The van der Waals surface area contributed by atoms with Crippen LogP contribution in [0.3, 0.4) is 0 Å². The number of aryl methyl sites for hydroxylation is 1. The largest absolute Gasteiger partial charge is 0.490 e. The van der Waals surface area contributed by atoms with E-state index in [4.69, 9.17) is 16.3 Å². The predicted molar refractivity (Wildman–Crippen MR) is 121 cm³/mol. The Balaban J connectivity index is 1.49. The highest BCUT2D eigenvalue weighted by molar-refractivity contribution is 7.17. The molecule has 0 aliphatic rings. The zero-order valence-corrected chi connectivity index (χ0v) is 18.2. The van der Waals surface area contributed by atoms with E-state index in [2.05, 4.69) is 10.3 Å². The van der Waals surface area contributed by atoms with Gasteiger partial charge in [-0.1, -0.05) is 17.7 Å². The van der Waals surface area contributed by atoms with Crippen molar-refractivity contribution in [3.8, 4) is 16.2 Å². The Morgan fingerprint density at radius 1 is 1.23 bits per heavy atom. The molecule has 0 bridgehead atoms. The molecule has 0 unspecified atom stereocenters. The summed E-state index contributed by atoms with van der Waals surface area (Å²) < 4.78 is 5.67. The topological polar surface area (TPSA) is 68.3 Å². The van der Waals surface area contributed by atoms with Gasteiger partial charge in [0.1, 0.15) is 12.4 Å². The number of nitrogens with zero attached hydrogens (tertiary/aromatic N) is 1. The van der Waals surface area contributed by atoms with Crippen molar-refractivity contribution >= 4 is 40.7 Å². The third-order valence-electron chi connectivity index (χ3n) is 4.29. The minimum atomic E-state index is -0.206. The lowest BCUT2D eigenvalue weighted by atomic mass is 10.2. The Morgan fingerprint density at radius 2 is 2.07 bits per heavy atom. The number of amides is 1. The smallest absolute Gasteiger partial charge is 0.244 e. The molecular formula is C23H21ClN2O3S. The van der Waals surface area contributed by atoms with Gasteiger partial charge in [0, 0.05) is 22.8 Å². The van der Waals surface area contributed by atoms with Crippen LogP contribution in [0.2, 0.25) is 5.02 Å². The van der Waals surface area contributed by atoms with Crippen LogP contribution in [0.1, 0.15) is 27.9 Å². The molecule has 3 rings (SSSR count). The molecule has 7 heteroatoms. The fraction of sp³-hybridized carbons (Fsp3) is 0.174. The number of rotatable bonds is 8. The molecule has 0 radical (unpaired) electrons. The van der Waals surface area contributed by atoms with Crippen LogP contribution < -0.4 is 10.1 Å². The molecule has 0 aliphatic carbocycles. The van der Waals surface area contributed by atoms with Crippen LogP contribution in [0.4, 0.5) is 0 Å². The number of benzene rings is 1. The van der Waals surface area contributed by atoms with E-state index >= 15 is 0 Å². The van der Waals surface area contributed by atoms with Crippen molar-refractivity contribution in [1.29, 1.82) is 0 Å². The van der Waals surface area contributed by atoms with Crippen LogP contribution in [0.25, 0.3) is 16.5 Å². The van der Waals surface area contributed by atoms with Crippen molar-refractivity contribution in [2.75, 3.05) is 13.2 Å². The van der Waals surface area contributed by atoms with Crippen LogP contribution in [0.15, 0.2) is 54.7 Å². The number of thiophene rings is 1. The maximum Gasteiger partial charge on any atom is 0.244 e. The Morgan fingerprint density at radius 3 is 2.77 bits per heavy atom. The van der Waals surface area contributed by atoms with E-state index in [1.165, 1.54) is 17.4 Å². The molecular weight excluding hydrogens is 420 g/mol. The van der Waals surface area contributed by atoms with Gasteiger partial charge in [-0.15, -0.1) is 11.3 Å². The van der Waals surface area contributed by atoms with E-state index in [-0.39, 0.29) is 18.3 Å². The lowest BCUT2D eigenvalue weighted by Gasteiger charge is -2.09. The van der Waals surface area contributed by atoms with Gasteiger partial charge >= 0.3 is 0 Å². The van der Waals surface area contributed by atoms with Gasteiger partial charge in [-0.3, -0.25) is 14.6 Å². The monoisotopic (exact) mass is 440 g/mol. The molecule has 1 amide bonds. The molecule has 2 heterocycles. The van der Waals surface area contributed by atoms with Crippen molar-refractivity contribution in [1.82, 2.24) is 10.3 Å². The second kappa shape index (κ2) is 10.2. The minimum Gasteiger partial charge on any atom is -0.490 e. The summed E-state index contributed by atoms with van der Waals surface area (Å²) in [7, 11) is 0. The summed E-state index contributed by atoms with van der Waals surface area (Å²) in [4.78, 5) is 29.3. The fourth-order valence-electron chi connectivity index (χ4n) is 2.69. The molecule has 0 spiro atoms. The van der Waals surface area contributed by atoms with Gasteiger partial charge in [0.15, 0.2) is 5.78 Å². The van der Waals surface area contributed by atoms with Crippen LogP contribution >= 0.6 is 22.9 Å². The van der Waals surface area contributed by atoms with Crippen molar-refractivity contribution < 1.29 is 14.3 Å². The Kier molecular flexibility index (Phi) is 7.38. The average molecular weight is 441 g/mol. The first kappa shape index (κ1) is 21.7. The molecule has 1 aromatic carbocycles. The number of carbonyl (C=O) groups is 2. The van der Waals surface area contributed by atoms with Crippen LogP contribution in [0.5, 0.6) is 5.75 Å². The summed E-state index contributed by atoms with van der Waals surface area (Å²) >= 11 is 7.76. The van der Waals surface area contributed by atoms with Crippen molar-refractivity contribution in [2.24, 2.45) is 0 Å². The molecule has 30 heavy (non-hydrogen) atoms. The van der Waals surface area contributed by atoms with E-state index in [0.29, 0.717) is 22.2 Å². The Hall–Kier alpha value is -2.96. The van der Waals surface area contributed by atoms with Gasteiger partial charge in [0.25, 0.3) is 0 Å². The predicted octanol–water partition coefficient (Wildman–Crippen LogP) is 5.18. The van der Waals surface area contributed by atoms with Crippen LogP contribution in [-0.4, -0.2) is 29.8 Å². The molecule has 5 nitrogen and oxygen atoms in total. The van der Waals surface area contributed by atoms with E-state index < -0.39 is 0 Å². The second-order valence-electron chi connectivity index (χ2n) is 6.52. The number of nitrogens with one attached hydrogen (secondary N) is 1. The second-order valence-corrected chi connectivity index (χ2v) is 8.01. The summed E-state index contributed by atoms with van der Waals surface area (Å²) in [6, 6.07) is 12.9. The summed E-state index contributed by atoms with van der Waals surface area (Å²) in [5.74, 6) is 0.381. The molecule has 0 saturated heterocycles. The quantitative estimate of drug-likeness (QED) is 0.297. The molecule has 0 atom stereocenters. The maximum atomic E-state index is 11.9. The summed E-state index contributed by atoms with van der Waals surface area (Å²) in [5.41, 5.74) is 2.69. The number of halogens is 1. The molecule has 0 saturated carbocycles. The molecule has 1 N–H and O–H groups in total. The fourth-order valence-corrected chi connectivity index (χ4v) is 3.82. The summed E-state index contributed by atoms with van der Waals surface area (Å²) in [6.45, 7) is 4.08. The number of ether oxygens (including phenoxy) is 1. The lowest BCUT2D eigenvalue weighted by Crippen LogP contribution is -2.26. The Bertz CT molecular complexity index is 1090. The number of hydrogen-bond acceptors (Lipinski definition) is 5. The first-order valence-electron chi connectivity index (χ1n) is 9.35. The van der Waals surface area contributed by atoms with Crippen LogP contribution in [-0.2, 0) is 4.79 Å². The van der Waals surface area contributed by atoms with Crippen LogP contribution in [0, 0.1) is 6.92 Å². The Labute approximate surface area is 184 Å². The third-order valence-corrected chi connectivity index (χ3v) is 5.82. The molecule has 2 aromatic heterocycles. The molecule has 3 aromatic rings. The zero-order valence-electron chi connectivity index (χ0n) is 16.6. The number of pyridine rings is 1. The minimum absolute atomic E-state index is 0.0461. The van der Waals surface area contributed by atoms with Gasteiger partial charge in [-0.25, -0.2) is 0 Å². The SMILES string of the molecule is CC(=O)c1ccc(-c2ccc(OCCNC(=O)/C=C/c3cccnc3C)c(Cl)c2)s1. The lowest BCUT2D eigenvalue weighted by molar-refractivity contribution is -0.116. The van der Waals surface area contributed by atoms with Crippen molar-refractivity contribution in [3.05, 3.63) is 75.9 Å². The third kappa shape index (κ3) is 5.78. The van der Waals surface area contributed by atoms with Crippen molar-refractivity contribution in [3.63, 3.8) is 0 Å². The zero-order chi connectivity index (χ0) is 21.5. The number of hydrogen-bond donors (Lipinski definition) is 1. The standard InChI is InChI=1S/C23H21ClN2O3S/c1-15-17(4-3-11-25-15)6-10-23(28)26-12-13-29-20-7-5-18(14-19(20)24)22-9-8-21(30-22)16(2)27/h3-11,14H,12-13H2,1-2H3,(H,26,28)/b10-6+. The van der Waals surface area contributed by atoms with Gasteiger partial charge in [0.05, 0.1) is 16.4 Å². The van der Waals surface area contributed by atoms with E-state index in [1.54, 1.807) is 25.3 Å². The van der Waals surface area contributed by atoms with Gasteiger partial charge in [-0.05, 0) is 67.4 Å². The highest BCUT2D eigenvalue weighted by Crippen LogP contribution is 2.34. The number of carbonyl (C=O) groups excluding carboxylic acids is 2.